The quantitative estimate of drug-likeness (QED) is 0.269. The van der Waals surface area contributed by atoms with Gasteiger partial charge >= 0.3 is 0 Å². The normalized spacial score (nSPS) is 10.8. The molecule has 0 saturated carbocycles. The van der Waals surface area contributed by atoms with Crippen molar-refractivity contribution in [2.75, 3.05) is 32.2 Å². The van der Waals surface area contributed by atoms with E-state index in [1.807, 2.05) is 30.0 Å². The summed E-state index contributed by atoms with van der Waals surface area (Å²) >= 11 is 1.90. The first-order valence-corrected chi connectivity index (χ1v) is 8.83. The number of nitrogens with one attached hydrogen (secondary N) is 2. The average Bonchev–Trinajstić information content (AvgIpc) is 2.52. The number of unbranched alkanes of at least 4 members (excludes halogenated alkanes) is 1. The van der Waals surface area contributed by atoms with E-state index in [9.17, 15) is 0 Å². The summed E-state index contributed by atoms with van der Waals surface area (Å²) in [7, 11) is 1.68. The van der Waals surface area contributed by atoms with Crippen LogP contribution in [-0.2, 0) is 6.54 Å². The molecule has 0 bridgehead atoms. The van der Waals surface area contributed by atoms with E-state index < -0.39 is 0 Å². The second-order valence-corrected chi connectivity index (χ2v) is 5.66. The molecule has 22 heavy (non-hydrogen) atoms. The van der Waals surface area contributed by atoms with Crippen molar-refractivity contribution in [3.63, 3.8) is 0 Å². The molecule has 0 aromatic heterocycles. The Balaban J connectivity index is 0.00000441. The van der Waals surface area contributed by atoms with Crippen molar-refractivity contribution in [2.24, 2.45) is 4.99 Å². The number of methoxy groups -OCH3 is 1. The van der Waals surface area contributed by atoms with Gasteiger partial charge in [0.15, 0.2) is 5.96 Å². The summed E-state index contributed by atoms with van der Waals surface area (Å²) in [6.45, 7) is 4.56. The summed E-state index contributed by atoms with van der Waals surface area (Å²) in [5.41, 5.74) is 1.15. The Bertz CT molecular complexity index is 430. The molecule has 4 nitrogen and oxygen atoms in total. The second-order valence-electron chi connectivity index (χ2n) is 4.67. The number of rotatable bonds is 9. The molecular formula is C16H28IN3OS. The van der Waals surface area contributed by atoms with Gasteiger partial charge in [0.25, 0.3) is 0 Å². The first-order valence-electron chi connectivity index (χ1n) is 7.44. The molecule has 0 saturated heterocycles. The van der Waals surface area contributed by atoms with Gasteiger partial charge in [0.2, 0.25) is 0 Å². The number of thioether (sulfide) groups is 1. The van der Waals surface area contributed by atoms with Crippen molar-refractivity contribution in [2.45, 2.75) is 26.3 Å². The zero-order valence-electron chi connectivity index (χ0n) is 13.7. The highest BCUT2D eigenvalue weighted by atomic mass is 127. The van der Waals surface area contributed by atoms with Crippen LogP contribution in [0.5, 0.6) is 5.75 Å². The summed E-state index contributed by atoms with van der Waals surface area (Å²) in [6, 6.07) is 8.02. The summed E-state index contributed by atoms with van der Waals surface area (Å²) in [4.78, 5) is 4.61. The van der Waals surface area contributed by atoms with E-state index in [1.54, 1.807) is 7.11 Å². The van der Waals surface area contributed by atoms with Crippen LogP contribution >= 0.6 is 35.7 Å². The van der Waals surface area contributed by atoms with Crippen LogP contribution in [0, 0.1) is 0 Å². The number of aliphatic imine (C=N–C) groups is 1. The summed E-state index contributed by atoms with van der Waals surface area (Å²) in [5, 5.41) is 6.65. The third-order valence-electron chi connectivity index (χ3n) is 2.97. The molecular weight excluding hydrogens is 409 g/mol. The molecule has 1 aromatic rings. The Morgan fingerprint density at radius 1 is 1.27 bits per heavy atom. The van der Waals surface area contributed by atoms with Crippen LogP contribution in [0.15, 0.2) is 29.3 Å². The molecule has 0 aliphatic rings. The third kappa shape index (κ3) is 9.40. The highest BCUT2D eigenvalue weighted by Crippen LogP contribution is 2.13. The summed E-state index contributed by atoms with van der Waals surface area (Å²) in [6.07, 6.45) is 4.56. The lowest BCUT2D eigenvalue weighted by Gasteiger charge is -2.11. The Labute approximate surface area is 155 Å². The SMILES string of the molecule is CCNC(=NCc1cccc(OC)c1)NCCCCSC.I. The van der Waals surface area contributed by atoms with Crippen LogP contribution in [-0.4, -0.2) is 38.2 Å². The molecule has 6 heteroatoms. The third-order valence-corrected chi connectivity index (χ3v) is 3.66. The second kappa shape index (κ2) is 14.0. The Morgan fingerprint density at radius 2 is 2.09 bits per heavy atom. The molecule has 0 amide bonds. The van der Waals surface area contributed by atoms with Crippen LogP contribution < -0.4 is 15.4 Å². The van der Waals surface area contributed by atoms with Gasteiger partial charge in [0, 0.05) is 13.1 Å². The topological polar surface area (TPSA) is 45.7 Å². The number of hydrogen-bond donors (Lipinski definition) is 2. The summed E-state index contributed by atoms with van der Waals surface area (Å²) < 4.78 is 5.23. The van der Waals surface area contributed by atoms with E-state index in [1.165, 1.54) is 18.6 Å². The molecule has 0 radical (unpaired) electrons. The maximum atomic E-state index is 5.23. The smallest absolute Gasteiger partial charge is 0.191 e. The molecule has 0 unspecified atom stereocenters. The standard InChI is InChI=1S/C16H27N3OS.HI/c1-4-17-16(18-10-5-6-11-21-3)19-13-14-8-7-9-15(12-14)20-2;/h7-9,12H,4-6,10-11,13H2,1-3H3,(H2,17,18,19);1H. The molecule has 1 rings (SSSR count). The van der Waals surface area contributed by atoms with E-state index in [4.69, 9.17) is 4.74 Å². The largest absolute Gasteiger partial charge is 0.497 e. The zero-order chi connectivity index (χ0) is 15.3. The Kier molecular flexibility index (Phi) is 13.6. The Morgan fingerprint density at radius 3 is 2.77 bits per heavy atom. The van der Waals surface area contributed by atoms with Gasteiger partial charge in [-0.15, -0.1) is 24.0 Å². The maximum Gasteiger partial charge on any atom is 0.191 e. The van der Waals surface area contributed by atoms with E-state index in [-0.39, 0.29) is 24.0 Å². The fourth-order valence-corrected chi connectivity index (χ4v) is 2.35. The highest BCUT2D eigenvalue weighted by molar-refractivity contribution is 14.0. The predicted molar refractivity (Wildman–Crippen MR) is 109 cm³/mol. The zero-order valence-corrected chi connectivity index (χ0v) is 16.9. The number of hydrogen-bond acceptors (Lipinski definition) is 3. The van der Waals surface area contributed by atoms with Gasteiger partial charge in [0.05, 0.1) is 13.7 Å². The minimum atomic E-state index is 0. The molecule has 0 fully saturated rings. The fourth-order valence-electron chi connectivity index (χ4n) is 1.86. The first kappa shape index (κ1) is 21.4. The molecule has 126 valence electrons. The number of benzene rings is 1. The number of ether oxygens (including phenoxy) is 1. The van der Waals surface area contributed by atoms with E-state index in [0.29, 0.717) is 6.54 Å². The van der Waals surface area contributed by atoms with Crippen molar-refractivity contribution < 1.29 is 4.74 Å². The minimum Gasteiger partial charge on any atom is -0.497 e. The van der Waals surface area contributed by atoms with E-state index in [0.717, 1.165) is 30.4 Å². The van der Waals surface area contributed by atoms with Crippen LogP contribution in [0.25, 0.3) is 0 Å². The van der Waals surface area contributed by atoms with Gasteiger partial charge in [-0.05, 0) is 49.5 Å². The minimum absolute atomic E-state index is 0. The monoisotopic (exact) mass is 437 g/mol. The first-order chi connectivity index (χ1) is 10.3. The van der Waals surface area contributed by atoms with Crippen molar-refractivity contribution in [1.29, 1.82) is 0 Å². The summed E-state index contributed by atoms with van der Waals surface area (Å²) in [5.74, 6) is 2.97. The lowest BCUT2D eigenvalue weighted by Crippen LogP contribution is -2.37. The van der Waals surface area contributed by atoms with Gasteiger partial charge in [-0.2, -0.15) is 11.8 Å². The van der Waals surface area contributed by atoms with E-state index >= 15 is 0 Å². The van der Waals surface area contributed by atoms with Gasteiger partial charge in [-0.25, -0.2) is 4.99 Å². The fraction of sp³-hybridized carbons (Fsp3) is 0.562. The van der Waals surface area contributed by atoms with Crippen molar-refractivity contribution >= 4 is 41.7 Å². The lowest BCUT2D eigenvalue weighted by molar-refractivity contribution is 0.414. The van der Waals surface area contributed by atoms with Crippen LogP contribution in [0.1, 0.15) is 25.3 Å². The molecule has 0 atom stereocenters. The van der Waals surface area contributed by atoms with Gasteiger partial charge in [0.1, 0.15) is 5.75 Å². The van der Waals surface area contributed by atoms with Crippen LogP contribution in [0.4, 0.5) is 0 Å². The van der Waals surface area contributed by atoms with Crippen LogP contribution in [0.2, 0.25) is 0 Å². The molecule has 1 aromatic carbocycles. The van der Waals surface area contributed by atoms with Crippen molar-refractivity contribution in [1.82, 2.24) is 10.6 Å². The predicted octanol–water partition coefficient (Wildman–Crippen LogP) is 3.51. The molecule has 0 heterocycles. The average molecular weight is 437 g/mol. The molecule has 0 spiro atoms. The van der Waals surface area contributed by atoms with E-state index in [2.05, 4.69) is 34.9 Å². The van der Waals surface area contributed by atoms with Crippen LogP contribution in [0.3, 0.4) is 0 Å². The van der Waals surface area contributed by atoms with Gasteiger partial charge < -0.3 is 15.4 Å². The van der Waals surface area contributed by atoms with Gasteiger partial charge in [-0.1, -0.05) is 12.1 Å². The highest BCUT2D eigenvalue weighted by Gasteiger charge is 1.98. The molecule has 0 aliphatic heterocycles. The lowest BCUT2D eigenvalue weighted by atomic mass is 10.2. The number of halogens is 1. The number of nitrogens with zero attached hydrogens (tertiary/aromatic N) is 1. The maximum absolute atomic E-state index is 5.23. The molecule has 0 aliphatic carbocycles. The van der Waals surface area contributed by atoms with Gasteiger partial charge in [-0.3, -0.25) is 0 Å². The number of guanidine groups is 1. The Hall–Kier alpha value is -0.630. The molecule has 2 N–H and O–H groups in total. The van der Waals surface area contributed by atoms with Crippen molar-refractivity contribution in [3.8, 4) is 5.75 Å². The van der Waals surface area contributed by atoms with Crippen molar-refractivity contribution in [3.05, 3.63) is 29.8 Å².